The lowest BCUT2D eigenvalue weighted by atomic mass is 10.1. The molecule has 0 saturated carbocycles. The van der Waals surface area contributed by atoms with Crippen LogP contribution in [0, 0.1) is 0 Å². The number of carbonyl (C=O) groups is 1. The fourth-order valence-electron chi connectivity index (χ4n) is 2.01. The highest BCUT2D eigenvalue weighted by Gasteiger charge is 2.28. The number of hydrogen-bond acceptors (Lipinski definition) is 1. The average Bonchev–Trinajstić information content (AvgIpc) is 2.65. The van der Waals surface area contributed by atoms with Crippen molar-refractivity contribution in [1.29, 1.82) is 0 Å². The number of nitrogens with zero attached hydrogens (tertiary/aromatic N) is 2. The molecule has 0 aliphatic rings. The lowest BCUT2D eigenvalue weighted by Gasteiger charge is -2.35. The predicted molar refractivity (Wildman–Crippen MR) is 83.4 cm³/mol. The molecule has 0 spiro atoms. The van der Waals surface area contributed by atoms with E-state index in [1.807, 2.05) is 42.5 Å². The molecule has 1 heterocycles. The summed E-state index contributed by atoms with van der Waals surface area (Å²) in [7, 11) is 0. The molecule has 1 aromatic heterocycles. The first-order valence-electron chi connectivity index (χ1n) is 6.59. The Morgan fingerprint density at radius 2 is 2.16 bits per heavy atom. The first-order valence-corrected chi connectivity index (χ1v) is 7.39. The summed E-state index contributed by atoms with van der Waals surface area (Å²) in [5.74, 6) is 0.0477. The number of hydrogen-bond donors (Lipinski definition) is 0. The normalized spacial score (nSPS) is 11.4. The summed E-state index contributed by atoms with van der Waals surface area (Å²) >= 11 is 3.45. The van der Waals surface area contributed by atoms with Crippen molar-refractivity contribution in [2.45, 2.75) is 46.2 Å². The van der Waals surface area contributed by atoms with Gasteiger partial charge in [-0.05, 0) is 49.2 Å². The summed E-state index contributed by atoms with van der Waals surface area (Å²) in [4.78, 5) is 14.6. The molecule has 3 nitrogen and oxygen atoms in total. The van der Waals surface area contributed by atoms with E-state index in [4.69, 9.17) is 0 Å². The molecule has 0 atom stereocenters. The topological polar surface area (TPSA) is 25.2 Å². The van der Waals surface area contributed by atoms with E-state index in [1.165, 1.54) is 0 Å². The predicted octanol–water partition coefficient (Wildman–Crippen LogP) is 4.09. The van der Waals surface area contributed by atoms with Gasteiger partial charge in [-0.25, -0.2) is 0 Å². The van der Waals surface area contributed by atoms with Gasteiger partial charge in [0, 0.05) is 29.3 Å². The smallest absolute Gasteiger partial charge is 0.271 e. The van der Waals surface area contributed by atoms with Crippen molar-refractivity contribution in [2.24, 2.45) is 0 Å². The second kappa shape index (κ2) is 6.42. The van der Waals surface area contributed by atoms with Crippen LogP contribution in [0.15, 0.2) is 29.4 Å². The molecule has 0 aliphatic heterocycles. The summed E-state index contributed by atoms with van der Waals surface area (Å²) in [5.41, 5.74) is 0.504. The Morgan fingerprint density at radius 1 is 1.53 bits per heavy atom. The molecule has 19 heavy (non-hydrogen) atoms. The van der Waals surface area contributed by atoms with Crippen LogP contribution in [0.3, 0.4) is 0 Å². The van der Waals surface area contributed by atoms with Gasteiger partial charge in [0.25, 0.3) is 5.91 Å². The van der Waals surface area contributed by atoms with Crippen molar-refractivity contribution >= 4 is 21.8 Å². The van der Waals surface area contributed by atoms with Crippen LogP contribution in [0.2, 0.25) is 0 Å². The van der Waals surface area contributed by atoms with Crippen LogP contribution in [-0.4, -0.2) is 27.5 Å². The van der Waals surface area contributed by atoms with Crippen molar-refractivity contribution in [3.8, 4) is 0 Å². The van der Waals surface area contributed by atoms with Crippen molar-refractivity contribution in [3.05, 3.63) is 35.1 Å². The molecular weight excluding hydrogens is 304 g/mol. The minimum Gasteiger partial charge on any atom is -0.342 e. The molecule has 0 aromatic carbocycles. The highest BCUT2D eigenvalue weighted by Crippen LogP contribution is 2.21. The summed E-state index contributed by atoms with van der Waals surface area (Å²) in [6.07, 6.45) is 4.73. The first-order chi connectivity index (χ1) is 8.81. The molecule has 1 amide bonds. The van der Waals surface area contributed by atoms with E-state index < -0.39 is 0 Å². The van der Waals surface area contributed by atoms with E-state index >= 15 is 0 Å². The Balaban J connectivity index is 3.12. The van der Waals surface area contributed by atoms with Gasteiger partial charge in [-0.3, -0.25) is 4.79 Å². The summed E-state index contributed by atoms with van der Waals surface area (Å²) in [5, 5.41) is 0. The minimum absolute atomic E-state index is 0.0477. The Labute approximate surface area is 124 Å². The number of aromatic nitrogens is 1. The molecule has 4 heteroatoms. The van der Waals surface area contributed by atoms with E-state index in [0.717, 1.165) is 23.1 Å². The van der Waals surface area contributed by atoms with Crippen LogP contribution in [0.25, 0.3) is 0 Å². The number of amides is 1. The van der Waals surface area contributed by atoms with Gasteiger partial charge in [0.1, 0.15) is 5.69 Å². The maximum atomic E-state index is 12.7. The minimum atomic E-state index is -0.223. The quantitative estimate of drug-likeness (QED) is 0.748. The lowest BCUT2D eigenvalue weighted by Crippen LogP contribution is -2.46. The fraction of sp³-hybridized carbons (Fsp3) is 0.533. The molecule has 0 fully saturated rings. The molecule has 0 N–H and O–H groups in total. The van der Waals surface area contributed by atoms with Gasteiger partial charge in [-0.15, -0.1) is 6.58 Å². The highest BCUT2D eigenvalue weighted by molar-refractivity contribution is 9.10. The number of halogens is 1. The third-order valence-corrected chi connectivity index (χ3v) is 3.35. The highest BCUT2D eigenvalue weighted by atomic mass is 79.9. The SMILES string of the molecule is C=CCN(C(=O)c1cc(Br)cn1CCC)C(C)(C)C. The monoisotopic (exact) mass is 326 g/mol. The fourth-order valence-corrected chi connectivity index (χ4v) is 2.47. The number of carbonyl (C=O) groups excluding carboxylic acids is 1. The van der Waals surface area contributed by atoms with Gasteiger partial charge in [-0.1, -0.05) is 13.0 Å². The van der Waals surface area contributed by atoms with Gasteiger partial charge < -0.3 is 9.47 Å². The number of aryl methyl sites for hydroxylation is 1. The van der Waals surface area contributed by atoms with Gasteiger partial charge in [0.2, 0.25) is 0 Å². The van der Waals surface area contributed by atoms with Crippen molar-refractivity contribution < 1.29 is 4.79 Å². The summed E-state index contributed by atoms with van der Waals surface area (Å²) in [6.45, 7) is 13.4. The van der Waals surface area contributed by atoms with Gasteiger partial charge in [-0.2, -0.15) is 0 Å². The van der Waals surface area contributed by atoms with E-state index in [9.17, 15) is 4.79 Å². The van der Waals surface area contributed by atoms with Crippen LogP contribution in [0.1, 0.15) is 44.6 Å². The third kappa shape index (κ3) is 3.96. The molecule has 106 valence electrons. The molecule has 0 aliphatic carbocycles. The maximum absolute atomic E-state index is 12.7. The molecule has 1 rings (SSSR count). The van der Waals surface area contributed by atoms with Crippen LogP contribution in [-0.2, 0) is 6.54 Å². The molecular formula is C15H23BrN2O. The molecule has 0 bridgehead atoms. The van der Waals surface area contributed by atoms with E-state index in [1.54, 1.807) is 6.08 Å². The first kappa shape index (κ1) is 16.0. The van der Waals surface area contributed by atoms with Gasteiger partial charge >= 0.3 is 0 Å². The maximum Gasteiger partial charge on any atom is 0.271 e. The molecule has 1 aromatic rings. The molecule has 0 saturated heterocycles. The van der Waals surface area contributed by atoms with Crippen LogP contribution >= 0.6 is 15.9 Å². The zero-order chi connectivity index (χ0) is 14.6. The van der Waals surface area contributed by atoms with E-state index in [2.05, 4.69) is 29.4 Å². The average molecular weight is 327 g/mol. The zero-order valence-electron chi connectivity index (χ0n) is 12.2. The van der Waals surface area contributed by atoms with Crippen LogP contribution in [0.4, 0.5) is 0 Å². The Kier molecular flexibility index (Phi) is 5.41. The third-order valence-electron chi connectivity index (χ3n) is 2.91. The molecule has 0 unspecified atom stereocenters. The van der Waals surface area contributed by atoms with E-state index in [-0.39, 0.29) is 11.4 Å². The standard InChI is InChI=1S/C15H23BrN2O/c1-6-8-17-11-12(16)10-13(17)14(19)18(9-7-2)15(3,4)5/h7,10-11H,2,6,8-9H2,1,3-5H3. The van der Waals surface area contributed by atoms with Crippen LogP contribution in [0.5, 0.6) is 0 Å². The Morgan fingerprint density at radius 3 is 2.63 bits per heavy atom. The van der Waals surface area contributed by atoms with Gasteiger partial charge in [0.05, 0.1) is 0 Å². The number of rotatable bonds is 5. The largest absolute Gasteiger partial charge is 0.342 e. The second-order valence-corrected chi connectivity index (χ2v) is 6.53. The van der Waals surface area contributed by atoms with Crippen molar-refractivity contribution in [1.82, 2.24) is 9.47 Å². The van der Waals surface area contributed by atoms with E-state index in [0.29, 0.717) is 6.54 Å². The lowest BCUT2D eigenvalue weighted by molar-refractivity contribution is 0.0605. The zero-order valence-corrected chi connectivity index (χ0v) is 13.8. The molecule has 0 radical (unpaired) electrons. The summed E-state index contributed by atoms with van der Waals surface area (Å²) in [6, 6.07) is 1.89. The second-order valence-electron chi connectivity index (χ2n) is 5.61. The van der Waals surface area contributed by atoms with Crippen molar-refractivity contribution in [3.63, 3.8) is 0 Å². The van der Waals surface area contributed by atoms with Crippen LogP contribution < -0.4 is 0 Å². The summed E-state index contributed by atoms with van der Waals surface area (Å²) < 4.78 is 2.95. The van der Waals surface area contributed by atoms with Gasteiger partial charge in [0.15, 0.2) is 0 Å². The van der Waals surface area contributed by atoms with Crippen molar-refractivity contribution in [2.75, 3.05) is 6.54 Å². The Bertz CT molecular complexity index is 457. The Hall–Kier alpha value is -1.03.